The number of benzene rings is 1. The number of aliphatic hydroxyl groups excluding tert-OH is 1. The lowest BCUT2D eigenvalue weighted by molar-refractivity contribution is -0.154. The fourth-order valence-electron chi connectivity index (χ4n) is 1.64. The van der Waals surface area contributed by atoms with Gasteiger partial charge >= 0.3 is 5.97 Å². The average molecular weight is 265 g/mol. The van der Waals surface area contributed by atoms with E-state index in [-0.39, 0.29) is 12.5 Å². The van der Waals surface area contributed by atoms with E-state index >= 15 is 0 Å². The van der Waals surface area contributed by atoms with Crippen LogP contribution in [0.1, 0.15) is 30.6 Å². The van der Waals surface area contributed by atoms with E-state index in [9.17, 15) is 14.7 Å². The van der Waals surface area contributed by atoms with Gasteiger partial charge in [-0.3, -0.25) is 4.79 Å². The normalized spacial score (nSPS) is 13.4. The molecule has 104 valence electrons. The van der Waals surface area contributed by atoms with E-state index in [4.69, 9.17) is 4.74 Å². The zero-order valence-electron chi connectivity index (χ0n) is 11.1. The van der Waals surface area contributed by atoms with Gasteiger partial charge in [0.05, 0.1) is 12.6 Å². The Bertz CT molecular complexity index is 419. The topological polar surface area (TPSA) is 75.6 Å². The number of ether oxygens (including phenoxy) is 1. The van der Waals surface area contributed by atoms with Gasteiger partial charge in [-0.1, -0.05) is 25.1 Å². The highest BCUT2D eigenvalue weighted by molar-refractivity contribution is 5.94. The zero-order valence-corrected chi connectivity index (χ0v) is 11.1. The number of rotatable bonds is 6. The third-order valence-corrected chi connectivity index (χ3v) is 2.70. The van der Waals surface area contributed by atoms with E-state index in [0.717, 1.165) is 0 Å². The second-order valence-corrected chi connectivity index (χ2v) is 4.05. The molecule has 5 nitrogen and oxygen atoms in total. The molecule has 0 spiro atoms. The van der Waals surface area contributed by atoms with Crippen molar-refractivity contribution in [1.29, 1.82) is 0 Å². The van der Waals surface area contributed by atoms with Crippen LogP contribution in [-0.2, 0) is 9.53 Å². The Balaban J connectivity index is 2.66. The number of amides is 1. The highest BCUT2D eigenvalue weighted by Gasteiger charge is 2.27. The van der Waals surface area contributed by atoms with Crippen LogP contribution in [0, 0.1) is 0 Å². The van der Waals surface area contributed by atoms with E-state index in [0.29, 0.717) is 12.0 Å². The maximum absolute atomic E-state index is 11.9. The van der Waals surface area contributed by atoms with Crippen molar-refractivity contribution in [1.82, 2.24) is 5.32 Å². The van der Waals surface area contributed by atoms with Crippen LogP contribution < -0.4 is 5.32 Å². The number of nitrogens with one attached hydrogen (secondary N) is 1. The van der Waals surface area contributed by atoms with Crippen molar-refractivity contribution in [3.05, 3.63) is 35.9 Å². The number of hydrogen-bond acceptors (Lipinski definition) is 4. The Morgan fingerprint density at radius 1 is 1.26 bits per heavy atom. The van der Waals surface area contributed by atoms with Crippen LogP contribution in [0.5, 0.6) is 0 Å². The van der Waals surface area contributed by atoms with E-state index in [1.807, 2.05) is 6.07 Å². The molecule has 0 radical (unpaired) electrons. The molecule has 2 unspecified atom stereocenters. The first-order valence-corrected chi connectivity index (χ1v) is 6.30. The van der Waals surface area contributed by atoms with E-state index < -0.39 is 18.1 Å². The minimum absolute atomic E-state index is 0.193. The van der Waals surface area contributed by atoms with Crippen molar-refractivity contribution in [3.8, 4) is 0 Å². The lowest BCUT2D eigenvalue weighted by Crippen LogP contribution is -2.47. The molecule has 0 aromatic heterocycles. The van der Waals surface area contributed by atoms with E-state index in [1.165, 1.54) is 0 Å². The van der Waals surface area contributed by atoms with Gasteiger partial charge in [0.2, 0.25) is 0 Å². The summed E-state index contributed by atoms with van der Waals surface area (Å²) in [5.41, 5.74) is 0.483. The van der Waals surface area contributed by atoms with Gasteiger partial charge in [0, 0.05) is 5.56 Å². The molecule has 0 fully saturated rings. The predicted octanol–water partition coefficient (Wildman–Crippen LogP) is 1.12. The monoisotopic (exact) mass is 265 g/mol. The maximum atomic E-state index is 11.9. The van der Waals surface area contributed by atoms with Crippen molar-refractivity contribution >= 4 is 11.9 Å². The molecule has 19 heavy (non-hydrogen) atoms. The fraction of sp³-hybridized carbons (Fsp3) is 0.429. The molecular weight excluding hydrogens is 246 g/mol. The molecule has 0 aliphatic carbocycles. The lowest BCUT2D eigenvalue weighted by atomic mass is 10.1. The number of hydrogen-bond donors (Lipinski definition) is 2. The zero-order chi connectivity index (χ0) is 14.3. The first kappa shape index (κ1) is 15.2. The number of aliphatic hydroxyl groups is 1. The molecular formula is C14H19NO4. The summed E-state index contributed by atoms with van der Waals surface area (Å²) in [6.07, 6.45) is -0.920. The summed E-state index contributed by atoms with van der Waals surface area (Å²) in [7, 11) is 0. The first-order chi connectivity index (χ1) is 9.10. The number of esters is 1. The van der Waals surface area contributed by atoms with Crippen LogP contribution in [0.25, 0.3) is 0 Å². The van der Waals surface area contributed by atoms with Crippen LogP contribution in [0.4, 0.5) is 0 Å². The first-order valence-electron chi connectivity index (χ1n) is 6.30. The SMILES string of the molecule is CCOC(=O)C(O)C(CC)NC(=O)c1ccccc1. The Hall–Kier alpha value is -1.88. The number of carbonyl (C=O) groups is 2. The van der Waals surface area contributed by atoms with Gasteiger partial charge in [0.25, 0.3) is 5.91 Å². The van der Waals surface area contributed by atoms with Crippen LogP contribution in [0.15, 0.2) is 30.3 Å². The van der Waals surface area contributed by atoms with E-state index in [2.05, 4.69) is 5.32 Å². The minimum atomic E-state index is -1.35. The van der Waals surface area contributed by atoms with Crippen molar-refractivity contribution in [2.45, 2.75) is 32.4 Å². The largest absolute Gasteiger partial charge is 0.464 e. The van der Waals surface area contributed by atoms with Crippen LogP contribution in [-0.4, -0.2) is 35.7 Å². The van der Waals surface area contributed by atoms with Gasteiger partial charge in [-0.25, -0.2) is 4.79 Å². The van der Waals surface area contributed by atoms with Crippen LogP contribution in [0.3, 0.4) is 0 Å². The summed E-state index contributed by atoms with van der Waals surface area (Å²) in [6, 6.07) is 7.97. The van der Waals surface area contributed by atoms with Crippen LogP contribution in [0.2, 0.25) is 0 Å². The average Bonchev–Trinajstić information content (AvgIpc) is 2.45. The minimum Gasteiger partial charge on any atom is -0.464 e. The molecule has 5 heteroatoms. The van der Waals surface area contributed by atoms with Gasteiger partial charge in [0.1, 0.15) is 0 Å². The standard InChI is InChI=1S/C14H19NO4/c1-3-11(12(16)14(18)19-4-2)15-13(17)10-8-6-5-7-9-10/h5-9,11-12,16H,3-4H2,1-2H3,(H,15,17). The quantitative estimate of drug-likeness (QED) is 0.756. The summed E-state index contributed by atoms with van der Waals surface area (Å²) in [5, 5.41) is 12.4. The van der Waals surface area contributed by atoms with Crippen molar-refractivity contribution in [3.63, 3.8) is 0 Å². The van der Waals surface area contributed by atoms with Gasteiger partial charge in [-0.15, -0.1) is 0 Å². The Kier molecular flexibility index (Phi) is 6.02. The Labute approximate surface area is 112 Å². The predicted molar refractivity (Wildman–Crippen MR) is 70.6 cm³/mol. The molecule has 1 amide bonds. The summed E-state index contributed by atoms with van der Waals surface area (Å²) >= 11 is 0. The van der Waals surface area contributed by atoms with Crippen molar-refractivity contribution in [2.75, 3.05) is 6.61 Å². The molecule has 1 aromatic carbocycles. The van der Waals surface area contributed by atoms with Crippen molar-refractivity contribution in [2.24, 2.45) is 0 Å². The molecule has 0 aliphatic heterocycles. The molecule has 1 aromatic rings. The second kappa shape index (κ2) is 7.53. The van der Waals surface area contributed by atoms with Crippen LogP contribution >= 0.6 is 0 Å². The molecule has 2 N–H and O–H groups in total. The molecule has 1 rings (SSSR count). The molecule has 2 atom stereocenters. The Morgan fingerprint density at radius 2 is 1.89 bits per heavy atom. The molecule has 0 saturated carbocycles. The summed E-state index contributed by atoms with van der Waals surface area (Å²) in [6.45, 7) is 3.63. The Morgan fingerprint density at radius 3 is 2.42 bits per heavy atom. The highest BCUT2D eigenvalue weighted by atomic mass is 16.5. The third kappa shape index (κ3) is 4.37. The summed E-state index contributed by atoms with van der Waals surface area (Å²) in [5.74, 6) is -1.04. The summed E-state index contributed by atoms with van der Waals surface area (Å²) in [4.78, 5) is 23.4. The number of carbonyl (C=O) groups excluding carboxylic acids is 2. The third-order valence-electron chi connectivity index (χ3n) is 2.70. The molecule has 0 heterocycles. The highest BCUT2D eigenvalue weighted by Crippen LogP contribution is 2.05. The van der Waals surface area contributed by atoms with Gasteiger partial charge < -0.3 is 15.2 Å². The molecule has 0 aliphatic rings. The summed E-state index contributed by atoms with van der Waals surface area (Å²) < 4.78 is 4.73. The molecule has 0 saturated heterocycles. The fourth-order valence-corrected chi connectivity index (χ4v) is 1.64. The van der Waals surface area contributed by atoms with E-state index in [1.54, 1.807) is 38.1 Å². The molecule has 0 bridgehead atoms. The maximum Gasteiger partial charge on any atom is 0.337 e. The lowest BCUT2D eigenvalue weighted by Gasteiger charge is -2.21. The second-order valence-electron chi connectivity index (χ2n) is 4.05. The van der Waals surface area contributed by atoms with Gasteiger partial charge in [-0.05, 0) is 25.5 Å². The smallest absolute Gasteiger partial charge is 0.337 e. The van der Waals surface area contributed by atoms with Gasteiger partial charge in [-0.2, -0.15) is 0 Å². The van der Waals surface area contributed by atoms with Crippen molar-refractivity contribution < 1.29 is 19.4 Å². The van der Waals surface area contributed by atoms with Gasteiger partial charge in [0.15, 0.2) is 6.10 Å².